The molecule has 0 atom stereocenters. The second kappa shape index (κ2) is 6.35. The maximum atomic E-state index is 10.7. The molecule has 4 nitrogen and oxygen atoms in total. The number of carbonyl (C=O) groups is 1. The van der Waals surface area contributed by atoms with Crippen LogP contribution in [0.4, 0.5) is 0 Å². The van der Waals surface area contributed by atoms with E-state index in [2.05, 4.69) is 14.7 Å². The Morgan fingerprint density at radius 1 is 1.50 bits per heavy atom. The number of nitrogens with zero attached hydrogens (tertiary/aromatic N) is 1. The molecular formula is C10H9Cl2NO3. The van der Waals surface area contributed by atoms with Crippen molar-refractivity contribution in [2.24, 2.45) is 5.16 Å². The Morgan fingerprint density at radius 2 is 2.25 bits per heavy atom. The summed E-state index contributed by atoms with van der Waals surface area (Å²) in [4.78, 5) is 15.3. The van der Waals surface area contributed by atoms with Crippen molar-refractivity contribution >= 4 is 35.4 Å². The number of carbonyl (C=O) groups excluding carboxylic acids is 1. The molecule has 0 unspecified atom stereocenters. The van der Waals surface area contributed by atoms with Gasteiger partial charge in [0.2, 0.25) is 6.61 Å². The van der Waals surface area contributed by atoms with Crippen LogP contribution in [-0.4, -0.2) is 25.9 Å². The fraction of sp³-hybridized carbons (Fsp3) is 0.200. The van der Waals surface area contributed by atoms with Crippen LogP contribution in [-0.2, 0) is 14.4 Å². The summed E-state index contributed by atoms with van der Waals surface area (Å²) >= 11 is 11.6. The summed E-state index contributed by atoms with van der Waals surface area (Å²) in [5.74, 6) is -0.501. The smallest absolute Gasteiger partial charge is 0.346 e. The second-order valence-electron chi connectivity index (χ2n) is 2.75. The Hall–Kier alpha value is -1.26. The van der Waals surface area contributed by atoms with E-state index >= 15 is 0 Å². The molecule has 0 aliphatic rings. The van der Waals surface area contributed by atoms with E-state index in [1.54, 1.807) is 18.2 Å². The van der Waals surface area contributed by atoms with Crippen molar-refractivity contribution in [3.63, 3.8) is 0 Å². The molecule has 0 fully saturated rings. The van der Waals surface area contributed by atoms with Crippen LogP contribution in [0.25, 0.3) is 0 Å². The normalized spacial score (nSPS) is 10.4. The molecule has 6 heteroatoms. The zero-order valence-corrected chi connectivity index (χ0v) is 9.96. The number of ether oxygens (including phenoxy) is 1. The highest BCUT2D eigenvalue weighted by Gasteiger charge is 2.00. The third-order valence-corrected chi connectivity index (χ3v) is 2.20. The van der Waals surface area contributed by atoms with E-state index in [-0.39, 0.29) is 6.61 Å². The average Bonchev–Trinajstić information content (AvgIpc) is 2.26. The molecule has 0 aliphatic carbocycles. The van der Waals surface area contributed by atoms with Crippen LogP contribution in [0, 0.1) is 0 Å². The van der Waals surface area contributed by atoms with Gasteiger partial charge in [0.05, 0.1) is 18.3 Å². The van der Waals surface area contributed by atoms with E-state index in [9.17, 15) is 4.79 Å². The van der Waals surface area contributed by atoms with Crippen LogP contribution in [0.1, 0.15) is 5.56 Å². The highest BCUT2D eigenvalue weighted by Crippen LogP contribution is 2.19. The minimum atomic E-state index is -0.501. The van der Waals surface area contributed by atoms with Crippen LogP contribution >= 0.6 is 23.2 Å². The first-order valence-electron chi connectivity index (χ1n) is 4.30. The number of halogens is 2. The van der Waals surface area contributed by atoms with Gasteiger partial charge in [-0.2, -0.15) is 0 Å². The van der Waals surface area contributed by atoms with Crippen molar-refractivity contribution in [3.8, 4) is 0 Å². The largest absolute Gasteiger partial charge is 0.466 e. The number of esters is 1. The maximum absolute atomic E-state index is 10.7. The molecule has 0 bridgehead atoms. The van der Waals surface area contributed by atoms with Crippen LogP contribution < -0.4 is 0 Å². The number of rotatable bonds is 4. The molecule has 16 heavy (non-hydrogen) atoms. The summed E-state index contributed by atoms with van der Waals surface area (Å²) in [5, 5.41) is 4.56. The molecule has 0 radical (unpaired) electrons. The molecule has 0 aliphatic heterocycles. The lowest BCUT2D eigenvalue weighted by atomic mass is 10.2. The van der Waals surface area contributed by atoms with E-state index in [1.807, 2.05) is 0 Å². The first-order valence-corrected chi connectivity index (χ1v) is 5.06. The monoisotopic (exact) mass is 261 g/mol. The molecule has 0 heterocycles. The van der Waals surface area contributed by atoms with Gasteiger partial charge in [0.25, 0.3) is 0 Å². The minimum absolute atomic E-state index is 0.238. The summed E-state index contributed by atoms with van der Waals surface area (Å²) in [5.41, 5.74) is 0.649. The summed E-state index contributed by atoms with van der Waals surface area (Å²) < 4.78 is 4.36. The molecule has 0 N–H and O–H groups in total. The molecule has 0 saturated carbocycles. The Morgan fingerprint density at radius 3 is 2.88 bits per heavy atom. The fourth-order valence-electron chi connectivity index (χ4n) is 0.849. The van der Waals surface area contributed by atoms with Crippen LogP contribution in [0.3, 0.4) is 0 Å². The van der Waals surface area contributed by atoms with E-state index in [0.29, 0.717) is 15.6 Å². The molecular weight excluding hydrogens is 253 g/mol. The molecule has 0 saturated heterocycles. The summed E-state index contributed by atoms with van der Waals surface area (Å²) in [6.45, 7) is -0.238. The highest BCUT2D eigenvalue weighted by molar-refractivity contribution is 6.36. The van der Waals surface area contributed by atoms with Gasteiger partial charge in [-0.25, -0.2) is 4.79 Å². The quantitative estimate of drug-likeness (QED) is 0.476. The first kappa shape index (κ1) is 12.8. The van der Waals surface area contributed by atoms with Crippen LogP contribution in [0.15, 0.2) is 23.4 Å². The predicted molar refractivity (Wildman–Crippen MR) is 62.0 cm³/mol. The second-order valence-corrected chi connectivity index (χ2v) is 3.59. The van der Waals surface area contributed by atoms with Crippen molar-refractivity contribution in [3.05, 3.63) is 33.8 Å². The van der Waals surface area contributed by atoms with Gasteiger partial charge in [0, 0.05) is 10.6 Å². The lowest BCUT2D eigenvalue weighted by molar-refractivity contribution is -0.145. The number of oxime groups is 1. The topological polar surface area (TPSA) is 47.9 Å². The molecule has 1 aromatic carbocycles. The average molecular weight is 262 g/mol. The van der Waals surface area contributed by atoms with Gasteiger partial charge in [-0.15, -0.1) is 0 Å². The standard InChI is InChI=1S/C10H9Cl2NO3/c1-15-10(14)6-16-13-5-7-2-3-8(11)4-9(7)12/h2-5H,6H2,1H3/b13-5+. The molecule has 0 aromatic heterocycles. The van der Waals surface area contributed by atoms with Crippen molar-refractivity contribution < 1.29 is 14.4 Å². The third kappa shape index (κ3) is 4.08. The first-order chi connectivity index (χ1) is 7.63. The third-order valence-electron chi connectivity index (χ3n) is 1.64. The van der Waals surface area contributed by atoms with Gasteiger partial charge < -0.3 is 9.57 Å². The summed E-state index contributed by atoms with van der Waals surface area (Å²) in [6, 6.07) is 4.95. The molecule has 0 amide bonds. The SMILES string of the molecule is COC(=O)CO/N=C/c1ccc(Cl)cc1Cl. The fourth-order valence-corrected chi connectivity index (χ4v) is 1.31. The molecule has 0 spiro atoms. The van der Waals surface area contributed by atoms with Gasteiger partial charge in [0.1, 0.15) is 0 Å². The van der Waals surface area contributed by atoms with E-state index in [1.165, 1.54) is 13.3 Å². The summed E-state index contributed by atoms with van der Waals surface area (Å²) in [6.07, 6.45) is 1.39. The Bertz CT molecular complexity index is 407. The Balaban J connectivity index is 2.53. The van der Waals surface area contributed by atoms with Crippen LogP contribution in [0.2, 0.25) is 10.0 Å². The minimum Gasteiger partial charge on any atom is -0.466 e. The zero-order valence-electron chi connectivity index (χ0n) is 8.44. The highest BCUT2D eigenvalue weighted by atomic mass is 35.5. The molecule has 1 rings (SSSR count). The number of benzene rings is 1. The Labute approximate surface area is 103 Å². The van der Waals surface area contributed by atoms with Gasteiger partial charge in [0.15, 0.2) is 0 Å². The van der Waals surface area contributed by atoms with Crippen molar-refractivity contribution in [2.75, 3.05) is 13.7 Å². The van der Waals surface area contributed by atoms with Gasteiger partial charge in [-0.3, -0.25) is 0 Å². The summed E-state index contributed by atoms with van der Waals surface area (Å²) in [7, 11) is 1.27. The number of hydrogen-bond acceptors (Lipinski definition) is 4. The van der Waals surface area contributed by atoms with Gasteiger partial charge >= 0.3 is 5.97 Å². The number of methoxy groups -OCH3 is 1. The van der Waals surface area contributed by atoms with E-state index in [4.69, 9.17) is 23.2 Å². The van der Waals surface area contributed by atoms with Gasteiger partial charge in [-0.05, 0) is 12.1 Å². The van der Waals surface area contributed by atoms with Crippen molar-refractivity contribution in [1.29, 1.82) is 0 Å². The zero-order chi connectivity index (χ0) is 12.0. The molecule has 1 aromatic rings. The van der Waals surface area contributed by atoms with Crippen LogP contribution in [0.5, 0.6) is 0 Å². The predicted octanol–water partition coefficient (Wildman–Crippen LogP) is 2.52. The lowest BCUT2D eigenvalue weighted by Crippen LogP contribution is -2.07. The number of hydrogen-bond donors (Lipinski definition) is 0. The van der Waals surface area contributed by atoms with Gasteiger partial charge in [-0.1, -0.05) is 34.4 Å². The van der Waals surface area contributed by atoms with E-state index in [0.717, 1.165) is 0 Å². The lowest BCUT2D eigenvalue weighted by Gasteiger charge is -1.99. The molecule has 86 valence electrons. The van der Waals surface area contributed by atoms with Crippen molar-refractivity contribution in [2.45, 2.75) is 0 Å². The van der Waals surface area contributed by atoms with Crippen molar-refractivity contribution in [1.82, 2.24) is 0 Å². The Kier molecular flexibility index (Phi) is 5.08. The van der Waals surface area contributed by atoms with E-state index < -0.39 is 5.97 Å². The maximum Gasteiger partial charge on any atom is 0.346 e.